The molecule has 0 saturated heterocycles. The largest absolute Gasteiger partial charge is 0.257 e. The van der Waals surface area contributed by atoms with E-state index in [4.69, 9.17) is 4.98 Å². The van der Waals surface area contributed by atoms with Gasteiger partial charge in [0.2, 0.25) is 0 Å². The number of pyridine rings is 1. The second-order valence-corrected chi connectivity index (χ2v) is 5.36. The Bertz CT molecular complexity index is 521. The van der Waals surface area contributed by atoms with Gasteiger partial charge in [-0.1, -0.05) is 13.3 Å². The van der Waals surface area contributed by atoms with Crippen LogP contribution in [0, 0.1) is 18.3 Å². The zero-order valence-corrected chi connectivity index (χ0v) is 12.0. The summed E-state index contributed by atoms with van der Waals surface area (Å²) >= 11 is 0. The van der Waals surface area contributed by atoms with Crippen molar-refractivity contribution in [3.05, 3.63) is 34.2 Å². The van der Waals surface area contributed by atoms with E-state index in [1.807, 2.05) is 6.08 Å². The normalized spacial score (nSPS) is 14.9. The van der Waals surface area contributed by atoms with Crippen molar-refractivity contribution >= 4 is 6.08 Å². The smallest absolute Gasteiger partial charge is 0.0947 e. The average molecular weight is 254 g/mol. The number of rotatable bonds is 4. The maximum absolute atomic E-state index is 9.20. The van der Waals surface area contributed by atoms with Crippen LogP contribution in [0.1, 0.15) is 61.5 Å². The maximum Gasteiger partial charge on any atom is 0.0947 e. The highest BCUT2D eigenvalue weighted by Crippen LogP contribution is 2.24. The van der Waals surface area contributed by atoms with Crippen molar-refractivity contribution < 1.29 is 0 Å². The Morgan fingerprint density at radius 2 is 2.21 bits per heavy atom. The van der Waals surface area contributed by atoms with Crippen LogP contribution in [-0.2, 0) is 12.8 Å². The molecule has 2 rings (SSSR count). The van der Waals surface area contributed by atoms with Gasteiger partial charge in [-0.05, 0) is 68.7 Å². The van der Waals surface area contributed by atoms with Crippen LogP contribution in [0.4, 0.5) is 0 Å². The first-order valence-electron chi connectivity index (χ1n) is 7.34. The number of fused-ring (bicyclic) bond motifs is 1. The summed E-state index contributed by atoms with van der Waals surface area (Å²) in [5, 5.41) is 9.20. The molecule has 0 N–H and O–H groups in total. The minimum absolute atomic E-state index is 0.877. The molecule has 0 bridgehead atoms. The molecule has 0 amide bonds. The number of aryl methyl sites for hydroxylation is 3. The molecule has 0 atom stereocenters. The minimum Gasteiger partial charge on any atom is -0.257 e. The predicted octanol–water partition coefficient (Wildman–Crippen LogP) is 4.37. The number of hydrogen-bond acceptors (Lipinski definition) is 2. The van der Waals surface area contributed by atoms with Gasteiger partial charge >= 0.3 is 0 Å². The van der Waals surface area contributed by atoms with Gasteiger partial charge in [0.25, 0.3) is 0 Å². The summed E-state index contributed by atoms with van der Waals surface area (Å²) in [7, 11) is 0. The third kappa shape index (κ3) is 3.44. The Morgan fingerprint density at radius 1 is 1.42 bits per heavy atom. The third-order valence-corrected chi connectivity index (χ3v) is 3.80. The van der Waals surface area contributed by atoms with Gasteiger partial charge in [0.1, 0.15) is 0 Å². The molecule has 1 aliphatic rings. The van der Waals surface area contributed by atoms with Crippen molar-refractivity contribution in [1.29, 1.82) is 5.26 Å². The number of unbranched alkanes of at least 4 members (excludes halogenated alkanes) is 1. The molecular formula is C17H22N2. The molecule has 1 aromatic heterocycles. The molecule has 1 aliphatic carbocycles. The molecule has 0 fully saturated rings. The fourth-order valence-electron chi connectivity index (χ4n) is 2.62. The quantitative estimate of drug-likeness (QED) is 0.748. The summed E-state index contributed by atoms with van der Waals surface area (Å²) < 4.78 is 0. The third-order valence-electron chi connectivity index (χ3n) is 3.80. The second-order valence-electron chi connectivity index (χ2n) is 5.36. The predicted molar refractivity (Wildman–Crippen MR) is 78.7 cm³/mol. The average Bonchev–Trinajstić information content (AvgIpc) is 2.43. The van der Waals surface area contributed by atoms with Crippen LogP contribution < -0.4 is 0 Å². The summed E-state index contributed by atoms with van der Waals surface area (Å²) in [4.78, 5) is 4.73. The molecule has 0 radical (unpaired) electrons. The van der Waals surface area contributed by atoms with Gasteiger partial charge in [0, 0.05) is 17.0 Å². The van der Waals surface area contributed by atoms with Gasteiger partial charge in [0.15, 0.2) is 0 Å². The Balaban J connectivity index is 2.29. The van der Waals surface area contributed by atoms with E-state index in [2.05, 4.69) is 26.0 Å². The van der Waals surface area contributed by atoms with Crippen molar-refractivity contribution in [3.63, 3.8) is 0 Å². The Hall–Kier alpha value is -1.62. The van der Waals surface area contributed by atoms with Crippen molar-refractivity contribution in [2.75, 3.05) is 0 Å². The van der Waals surface area contributed by atoms with Crippen molar-refractivity contribution in [3.8, 4) is 6.07 Å². The van der Waals surface area contributed by atoms with E-state index in [9.17, 15) is 5.26 Å². The lowest BCUT2D eigenvalue weighted by Gasteiger charge is -2.16. The lowest BCUT2D eigenvalue weighted by atomic mass is 9.93. The fraction of sp³-hybridized carbons (Fsp3) is 0.529. The van der Waals surface area contributed by atoms with Crippen LogP contribution in [0.2, 0.25) is 0 Å². The number of nitrogens with zero attached hydrogens (tertiary/aromatic N) is 2. The molecule has 0 unspecified atom stereocenters. The highest BCUT2D eigenvalue weighted by molar-refractivity contribution is 5.59. The molecule has 0 spiro atoms. The highest BCUT2D eigenvalue weighted by atomic mass is 14.7. The van der Waals surface area contributed by atoms with Crippen molar-refractivity contribution in [2.24, 2.45) is 0 Å². The standard InChI is InChI=1S/C17H22N2/c1-3-4-7-14(12-18)10-16-11-15-8-5-6-9-17(15)19-13(16)2/h10-11H,3-9H2,1-2H3/b14-10+. The first kappa shape index (κ1) is 13.8. The van der Waals surface area contributed by atoms with E-state index in [1.54, 1.807) is 0 Å². The van der Waals surface area contributed by atoms with E-state index in [0.29, 0.717) is 0 Å². The highest BCUT2D eigenvalue weighted by Gasteiger charge is 2.12. The second kappa shape index (κ2) is 6.52. The van der Waals surface area contributed by atoms with E-state index in [0.717, 1.165) is 48.9 Å². The summed E-state index contributed by atoms with van der Waals surface area (Å²) in [6.07, 6.45) is 9.89. The Labute approximate surface area is 116 Å². The number of aromatic nitrogens is 1. The lowest BCUT2D eigenvalue weighted by molar-refractivity contribution is 0.665. The van der Waals surface area contributed by atoms with Gasteiger partial charge < -0.3 is 0 Å². The Kier molecular flexibility index (Phi) is 4.74. The number of hydrogen-bond donors (Lipinski definition) is 0. The number of nitriles is 1. The molecule has 1 aromatic rings. The van der Waals surface area contributed by atoms with E-state index in [1.165, 1.54) is 24.1 Å². The molecule has 0 aliphatic heterocycles. The van der Waals surface area contributed by atoms with Crippen molar-refractivity contribution in [1.82, 2.24) is 4.98 Å². The fourth-order valence-corrected chi connectivity index (χ4v) is 2.62. The zero-order valence-electron chi connectivity index (χ0n) is 12.0. The topological polar surface area (TPSA) is 36.7 Å². The molecule has 0 aromatic carbocycles. The van der Waals surface area contributed by atoms with Crippen LogP contribution in [0.3, 0.4) is 0 Å². The molecule has 2 heteroatoms. The SMILES string of the molecule is CCCC/C(C#N)=C\c1cc2c(nc1C)CCCC2. The van der Waals surface area contributed by atoms with Gasteiger partial charge in [-0.25, -0.2) is 0 Å². The van der Waals surface area contributed by atoms with Gasteiger partial charge in [-0.3, -0.25) is 4.98 Å². The van der Waals surface area contributed by atoms with Crippen LogP contribution in [-0.4, -0.2) is 4.98 Å². The van der Waals surface area contributed by atoms with Crippen LogP contribution in [0.15, 0.2) is 11.6 Å². The van der Waals surface area contributed by atoms with Gasteiger partial charge in [-0.15, -0.1) is 0 Å². The monoisotopic (exact) mass is 254 g/mol. The summed E-state index contributed by atoms with van der Waals surface area (Å²) in [6.45, 7) is 4.20. The van der Waals surface area contributed by atoms with Gasteiger partial charge in [0.05, 0.1) is 6.07 Å². The summed E-state index contributed by atoms with van der Waals surface area (Å²) in [5.74, 6) is 0. The summed E-state index contributed by atoms with van der Waals surface area (Å²) in [6, 6.07) is 4.58. The van der Waals surface area contributed by atoms with Crippen molar-refractivity contribution in [2.45, 2.75) is 58.8 Å². The molecule has 1 heterocycles. The first-order chi connectivity index (χ1) is 9.24. The molecule has 2 nitrogen and oxygen atoms in total. The zero-order chi connectivity index (χ0) is 13.7. The summed E-state index contributed by atoms with van der Waals surface area (Å²) in [5.41, 5.74) is 5.73. The minimum atomic E-state index is 0.877. The molecule has 19 heavy (non-hydrogen) atoms. The van der Waals surface area contributed by atoms with Crippen LogP contribution >= 0.6 is 0 Å². The molecular weight excluding hydrogens is 232 g/mol. The van der Waals surface area contributed by atoms with Gasteiger partial charge in [-0.2, -0.15) is 5.26 Å². The van der Waals surface area contributed by atoms with E-state index >= 15 is 0 Å². The number of allylic oxidation sites excluding steroid dienone is 1. The van der Waals surface area contributed by atoms with Crippen LogP contribution in [0.5, 0.6) is 0 Å². The first-order valence-corrected chi connectivity index (χ1v) is 7.34. The molecule has 0 saturated carbocycles. The molecule has 100 valence electrons. The maximum atomic E-state index is 9.20. The van der Waals surface area contributed by atoms with E-state index in [-0.39, 0.29) is 0 Å². The van der Waals surface area contributed by atoms with E-state index < -0.39 is 0 Å². The van der Waals surface area contributed by atoms with Crippen LogP contribution in [0.25, 0.3) is 6.08 Å². The Morgan fingerprint density at radius 3 is 2.95 bits per heavy atom. The lowest BCUT2D eigenvalue weighted by Crippen LogP contribution is -2.07.